The minimum atomic E-state index is -3.36. The van der Waals surface area contributed by atoms with E-state index >= 15 is 0 Å². The summed E-state index contributed by atoms with van der Waals surface area (Å²) >= 11 is 5.01. The molecule has 1 fully saturated rings. The largest absolute Gasteiger partial charge is 0.379 e. The average molecular weight is 485 g/mol. The quantitative estimate of drug-likeness (QED) is 0.612. The van der Waals surface area contributed by atoms with Crippen molar-refractivity contribution in [1.29, 1.82) is 0 Å². The van der Waals surface area contributed by atoms with Gasteiger partial charge < -0.3 is 10.1 Å². The van der Waals surface area contributed by atoms with Crippen LogP contribution in [-0.2, 0) is 19.6 Å². The summed E-state index contributed by atoms with van der Waals surface area (Å²) in [4.78, 5) is 14.0. The number of sulfonamides is 1. The Morgan fingerprint density at radius 3 is 2.61 bits per heavy atom. The maximum Gasteiger partial charge on any atom is 0.244 e. The highest BCUT2D eigenvalue weighted by molar-refractivity contribution is 9.10. The number of morpholine rings is 1. The molecule has 0 radical (unpaired) electrons. The number of hydrogen-bond acceptors (Lipinski definition) is 5. The van der Waals surface area contributed by atoms with Crippen LogP contribution in [0.2, 0.25) is 0 Å². The van der Waals surface area contributed by atoms with Gasteiger partial charge in [0, 0.05) is 39.9 Å². The van der Waals surface area contributed by atoms with Crippen molar-refractivity contribution in [3.63, 3.8) is 0 Å². The Balaban J connectivity index is 1.48. The van der Waals surface area contributed by atoms with Crippen molar-refractivity contribution >= 4 is 49.3 Å². The van der Waals surface area contributed by atoms with Crippen LogP contribution in [0.4, 0.5) is 0 Å². The molecule has 0 bridgehead atoms. The van der Waals surface area contributed by atoms with Gasteiger partial charge >= 0.3 is 0 Å². The molecule has 1 amide bonds. The van der Waals surface area contributed by atoms with Crippen LogP contribution in [0.3, 0.4) is 0 Å². The Bertz CT molecular complexity index is 933. The molecule has 1 aliphatic heterocycles. The summed E-state index contributed by atoms with van der Waals surface area (Å²) in [5.41, 5.74) is 1.12. The molecule has 0 unspecified atom stereocenters. The van der Waals surface area contributed by atoms with Crippen molar-refractivity contribution in [1.82, 2.24) is 9.62 Å². The Kier molecular flexibility index (Phi) is 7.42. The van der Waals surface area contributed by atoms with Gasteiger partial charge in [0.15, 0.2) is 0 Å². The number of halogens is 1. The minimum absolute atomic E-state index is 0.0808. The Labute approximate surface area is 177 Å². The van der Waals surface area contributed by atoms with Crippen LogP contribution in [0.1, 0.15) is 4.88 Å². The summed E-state index contributed by atoms with van der Waals surface area (Å²) in [5, 5.41) is 2.63. The molecular weight excluding hydrogens is 464 g/mol. The highest BCUT2D eigenvalue weighted by atomic mass is 79.9. The maximum atomic E-state index is 12.2. The van der Waals surface area contributed by atoms with Gasteiger partial charge in [0.05, 0.1) is 19.0 Å². The first kappa shape index (κ1) is 21.2. The second-order valence-corrected chi connectivity index (χ2v) is 10.3. The lowest BCUT2D eigenvalue weighted by Gasteiger charge is -2.25. The minimum Gasteiger partial charge on any atom is -0.379 e. The number of rotatable bonds is 7. The molecule has 28 heavy (non-hydrogen) atoms. The van der Waals surface area contributed by atoms with Crippen LogP contribution >= 0.6 is 27.3 Å². The molecule has 1 aromatic carbocycles. The van der Waals surface area contributed by atoms with E-state index in [9.17, 15) is 13.2 Å². The number of ether oxygens (including phenoxy) is 1. The first-order chi connectivity index (χ1) is 13.4. The van der Waals surface area contributed by atoms with Gasteiger partial charge in [-0.3, -0.25) is 4.79 Å². The van der Waals surface area contributed by atoms with E-state index in [1.54, 1.807) is 17.4 Å². The van der Waals surface area contributed by atoms with Gasteiger partial charge in [-0.15, -0.1) is 11.3 Å². The Morgan fingerprint density at radius 1 is 1.18 bits per heavy atom. The molecule has 0 spiro atoms. The predicted octanol–water partition coefficient (Wildman–Crippen LogP) is 2.97. The standard InChI is InChI=1S/C19H21BrN2O4S2/c20-16-3-1-15(2-4-16)18-7-5-17(27-18)6-8-19(23)21-9-14-28(24,25)22-10-12-26-13-11-22/h1-8H,9-14H2,(H,21,23). The summed E-state index contributed by atoms with van der Waals surface area (Å²) in [6.45, 7) is 1.65. The highest BCUT2D eigenvalue weighted by Crippen LogP contribution is 2.29. The molecule has 0 saturated carbocycles. The third-order valence-corrected chi connectivity index (χ3v) is 7.68. The van der Waals surface area contributed by atoms with Gasteiger partial charge in [0.2, 0.25) is 15.9 Å². The molecule has 6 nitrogen and oxygen atoms in total. The van der Waals surface area contributed by atoms with Crippen LogP contribution in [0.15, 0.2) is 46.9 Å². The van der Waals surface area contributed by atoms with Gasteiger partial charge in [0.1, 0.15) is 0 Å². The predicted molar refractivity (Wildman–Crippen MR) is 116 cm³/mol. The molecule has 1 aliphatic rings. The second-order valence-electron chi connectivity index (χ2n) is 6.16. The van der Waals surface area contributed by atoms with Crippen molar-refractivity contribution in [3.8, 4) is 10.4 Å². The zero-order chi connectivity index (χ0) is 20.0. The fourth-order valence-electron chi connectivity index (χ4n) is 2.69. The van der Waals surface area contributed by atoms with Crippen LogP contribution in [0.5, 0.6) is 0 Å². The van der Waals surface area contributed by atoms with Crippen LogP contribution in [-0.4, -0.2) is 57.2 Å². The molecular formula is C19H21BrN2O4S2. The molecule has 1 aromatic heterocycles. The summed E-state index contributed by atoms with van der Waals surface area (Å²) in [6.07, 6.45) is 3.16. The van der Waals surface area contributed by atoms with E-state index in [4.69, 9.17) is 4.74 Å². The summed E-state index contributed by atoms with van der Waals surface area (Å²) in [7, 11) is -3.36. The molecule has 1 N–H and O–H groups in total. The van der Waals surface area contributed by atoms with E-state index in [0.717, 1.165) is 19.8 Å². The Morgan fingerprint density at radius 2 is 1.89 bits per heavy atom. The van der Waals surface area contributed by atoms with E-state index in [-0.39, 0.29) is 18.2 Å². The smallest absolute Gasteiger partial charge is 0.244 e. The van der Waals surface area contributed by atoms with Gasteiger partial charge in [-0.1, -0.05) is 28.1 Å². The van der Waals surface area contributed by atoms with Crippen LogP contribution in [0, 0.1) is 0 Å². The molecule has 150 valence electrons. The van der Waals surface area contributed by atoms with Gasteiger partial charge in [-0.05, 0) is 35.9 Å². The number of amides is 1. The zero-order valence-corrected chi connectivity index (χ0v) is 18.4. The van der Waals surface area contributed by atoms with Gasteiger partial charge in [0.25, 0.3) is 0 Å². The third kappa shape index (κ3) is 5.99. The monoisotopic (exact) mass is 484 g/mol. The second kappa shape index (κ2) is 9.80. The SMILES string of the molecule is O=C(C=Cc1ccc(-c2ccc(Br)cc2)s1)NCCS(=O)(=O)N1CCOCC1. The van der Waals surface area contributed by atoms with Crippen LogP contribution in [0.25, 0.3) is 16.5 Å². The summed E-state index contributed by atoms with van der Waals surface area (Å²) in [6, 6.07) is 12.0. The molecule has 0 aliphatic carbocycles. The number of hydrogen-bond donors (Lipinski definition) is 1. The van der Waals surface area contributed by atoms with E-state index in [2.05, 4.69) is 21.2 Å². The molecule has 1 saturated heterocycles. The number of benzene rings is 1. The lowest BCUT2D eigenvalue weighted by molar-refractivity contribution is -0.116. The topological polar surface area (TPSA) is 75.7 Å². The highest BCUT2D eigenvalue weighted by Gasteiger charge is 2.23. The number of nitrogens with zero attached hydrogens (tertiary/aromatic N) is 1. The average Bonchev–Trinajstić information content (AvgIpc) is 3.16. The number of nitrogens with one attached hydrogen (secondary N) is 1. The lowest BCUT2D eigenvalue weighted by Crippen LogP contribution is -2.43. The zero-order valence-electron chi connectivity index (χ0n) is 15.1. The van der Waals surface area contributed by atoms with Gasteiger partial charge in [-0.2, -0.15) is 4.31 Å². The molecule has 2 aromatic rings. The van der Waals surface area contributed by atoms with Gasteiger partial charge in [-0.25, -0.2) is 8.42 Å². The first-order valence-electron chi connectivity index (χ1n) is 8.81. The van der Waals surface area contributed by atoms with E-state index in [1.807, 2.05) is 36.4 Å². The molecule has 0 atom stereocenters. The van der Waals surface area contributed by atoms with Crippen molar-refractivity contribution < 1.29 is 17.9 Å². The molecule has 9 heteroatoms. The summed E-state index contributed by atoms with van der Waals surface area (Å²) in [5.74, 6) is -0.421. The number of thiophene rings is 1. The Hall–Kier alpha value is -1.52. The number of carbonyl (C=O) groups excluding carboxylic acids is 1. The van der Waals surface area contributed by atoms with Crippen molar-refractivity contribution in [2.24, 2.45) is 0 Å². The van der Waals surface area contributed by atoms with E-state index in [0.29, 0.717) is 26.3 Å². The van der Waals surface area contributed by atoms with Crippen LogP contribution < -0.4 is 5.32 Å². The van der Waals surface area contributed by atoms with E-state index in [1.165, 1.54) is 10.4 Å². The normalized spacial score (nSPS) is 15.8. The molecule has 3 rings (SSSR count). The summed E-state index contributed by atoms with van der Waals surface area (Å²) < 4.78 is 32.0. The van der Waals surface area contributed by atoms with Crippen molar-refractivity contribution in [2.75, 3.05) is 38.6 Å². The fourth-order valence-corrected chi connectivity index (χ4v) is 5.19. The van der Waals surface area contributed by atoms with E-state index < -0.39 is 10.0 Å². The number of carbonyl (C=O) groups is 1. The first-order valence-corrected chi connectivity index (χ1v) is 12.0. The lowest BCUT2D eigenvalue weighted by atomic mass is 10.2. The van der Waals surface area contributed by atoms with Crippen molar-refractivity contribution in [2.45, 2.75) is 0 Å². The third-order valence-electron chi connectivity index (χ3n) is 4.18. The maximum absolute atomic E-state index is 12.2. The van der Waals surface area contributed by atoms with Crippen molar-refractivity contribution in [3.05, 3.63) is 51.8 Å². The fraction of sp³-hybridized carbons (Fsp3) is 0.316. The molecule has 2 heterocycles.